The lowest BCUT2D eigenvalue weighted by Gasteiger charge is -2.28. The van der Waals surface area contributed by atoms with Gasteiger partial charge in [0.05, 0.1) is 6.61 Å². The molecule has 0 aromatic rings. The molecule has 0 spiro atoms. The van der Waals surface area contributed by atoms with E-state index in [1.165, 1.54) is 50.9 Å². The zero-order chi connectivity index (χ0) is 22.6. The Kier molecular flexibility index (Phi) is 18.8. The van der Waals surface area contributed by atoms with Crippen molar-refractivity contribution >= 4 is 29.0 Å². The van der Waals surface area contributed by atoms with Gasteiger partial charge in [0, 0.05) is 32.4 Å². The fourth-order valence-corrected chi connectivity index (χ4v) is 3.70. The molecule has 0 aromatic heterocycles. The van der Waals surface area contributed by atoms with Gasteiger partial charge in [-0.2, -0.15) is 0 Å². The zero-order valence-corrected chi connectivity index (χ0v) is 20.4. The van der Waals surface area contributed by atoms with Gasteiger partial charge in [0.25, 0.3) is 0 Å². The minimum absolute atomic E-state index is 0.0187. The third-order valence-corrected chi connectivity index (χ3v) is 5.69. The second kappa shape index (κ2) is 19.7. The van der Waals surface area contributed by atoms with Gasteiger partial charge in [-0.05, 0) is 19.8 Å². The normalized spacial score (nSPS) is 11.4. The number of imide groups is 1. The van der Waals surface area contributed by atoms with Crippen molar-refractivity contribution in [3.8, 4) is 0 Å². The maximum Gasteiger partial charge on any atom is 0.333 e. The quantitative estimate of drug-likeness (QED) is 0.209. The number of nitrogens with zero attached hydrogens (tertiary/aromatic N) is 3. The molecule has 0 radical (unpaired) electrons. The van der Waals surface area contributed by atoms with Gasteiger partial charge in [0.15, 0.2) is 5.17 Å². The summed E-state index contributed by atoms with van der Waals surface area (Å²) in [7, 11) is 1.50. The smallest absolute Gasteiger partial charge is 0.333 e. The van der Waals surface area contributed by atoms with E-state index in [0.29, 0.717) is 30.6 Å². The highest BCUT2D eigenvalue weighted by atomic mass is 32.2. The average molecular weight is 445 g/mol. The van der Waals surface area contributed by atoms with Gasteiger partial charge >= 0.3 is 12.1 Å². The molecule has 0 aromatic carbocycles. The molecule has 0 heterocycles. The van der Waals surface area contributed by atoms with E-state index in [1.807, 2.05) is 6.92 Å². The Morgan fingerprint density at radius 2 is 1.53 bits per heavy atom. The first kappa shape index (κ1) is 28.7. The first-order chi connectivity index (χ1) is 14.5. The highest BCUT2D eigenvalue weighted by Gasteiger charge is 2.26. The Morgan fingerprint density at radius 1 is 0.933 bits per heavy atom. The van der Waals surface area contributed by atoms with E-state index in [9.17, 15) is 14.7 Å². The average Bonchev–Trinajstić information content (AvgIpc) is 2.75. The molecule has 2 N–H and O–H groups in total. The lowest BCUT2D eigenvalue weighted by molar-refractivity contribution is 0.179. The van der Waals surface area contributed by atoms with Crippen LogP contribution in [0.5, 0.6) is 0 Å². The number of thioether (sulfide) groups is 1. The molecular weight excluding hydrogens is 400 g/mol. The van der Waals surface area contributed by atoms with E-state index in [1.54, 1.807) is 4.90 Å². The van der Waals surface area contributed by atoms with Crippen LogP contribution >= 0.6 is 11.8 Å². The minimum atomic E-state index is -0.412. The highest BCUT2D eigenvalue weighted by Crippen LogP contribution is 2.15. The number of amides is 4. The third kappa shape index (κ3) is 13.1. The first-order valence-electron chi connectivity index (χ1n) is 11.6. The van der Waals surface area contributed by atoms with E-state index in [-0.39, 0.29) is 12.6 Å². The van der Waals surface area contributed by atoms with Crippen LogP contribution in [0.2, 0.25) is 0 Å². The van der Waals surface area contributed by atoms with Crippen LogP contribution < -0.4 is 5.32 Å². The number of urea groups is 2. The Labute approximate surface area is 188 Å². The maximum atomic E-state index is 13.1. The topological polar surface area (TPSA) is 85.2 Å². The van der Waals surface area contributed by atoms with Crippen LogP contribution in [0.15, 0.2) is 4.99 Å². The molecule has 0 aliphatic carbocycles. The number of carbonyl (C=O) groups is 2. The molecular formula is C22H44N4O3S. The molecule has 0 rings (SSSR count). The molecule has 0 aliphatic rings. The van der Waals surface area contributed by atoms with Crippen LogP contribution in [-0.4, -0.2) is 71.2 Å². The molecule has 4 amide bonds. The number of unbranched alkanes of at least 4 members (excludes halogenated alkanes) is 8. The Balaban J connectivity index is 5.23. The van der Waals surface area contributed by atoms with Crippen molar-refractivity contribution in [2.24, 2.45) is 4.99 Å². The first-order valence-corrected chi connectivity index (χ1v) is 12.6. The van der Waals surface area contributed by atoms with E-state index < -0.39 is 6.03 Å². The summed E-state index contributed by atoms with van der Waals surface area (Å²) in [4.78, 5) is 32.7. The number of hydrogen-bond donors (Lipinski definition) is 2. The van der Waals surface area contributed by atoms with Crippen LogP contribution in [0.4, 0.5) is 9.59 Å². The molecule has 176 valence electrons. The molecule has 0 bridgehead atoms. The number of hydrogen-bond acceptors (Lipinski definition) is 5. The van der Waals surface area contributed by atoms with E-state index in [0.717, 1.165) is 37.0 Å². The van der Waals surface area contributed by atoms with Crippen molar-refractivity contribution in [1.29, 1.82) is 0 Å². The summed E-state index contributed by atoms with van der Waals surface area (Å²) in [5.74, 6) is 0.471. The van der Waals surface area contributed by atoms with Crippen molar-refractivity contribution < 1.29 is 14.7 Å². The minimum Gasteiger partial charge on any atom is -0.396 e. The van der Waals surface area contributed by atoms with Crippen LogP contribution in [-0.2, 0) is 0 Å². The fraction of sp³-hybridized carbons (Fsp3) is 0.864. The van der Waals surface area contributed by atoms with Crippen LogP contribution in [0.25, 0.3) is 0 Å². The number of carbonyl (C=O) groups excluding carboxylic acids is 2. The molecule has 0 atom stereocenters. The second-order valence-corrected chi connectivity index (χ2v) is 8.46. The van der Waals surface area contributed by atoms with Gasteiger partial charge in [-0.1, -0.05) is 77.0 Å². The second-order valence-electron chi connectivity index (χ2n) is 7.39. The summed E-state index contributed by atoms with van der Waals surface area (Å²) >= 11 is 1.38. The predicted octanol–water partition coefficient (Wildman–Crippen LogP) is 5.09. The van der Waals surface area contributed by atoms with Crippen LogP contribution in [0, 0.1) is 0 Å². The van der Waals surface area contributed by atoms with Crippen molar-refractivity contribution in [2.75, 3.05) is 39.0 Å². The van der Waals surface area contributed by atoms with Gasteiger partial charge < -0.3 is 10.4 Å². The zero-order valence-electron chi connectivity index (χ0n) is 19.6. The SMILES string of the molecule is CCCCCCCN=C(SCCO)N(CCCCCCC)C(=O)N(C)C(=O)NCC. The molecule has 0 unspecified atom stereocenters. The summed E-state index contributed by atoms with van der Waals surface area (Å²) in [6, 6.07) is -0.781. The van der Waals surface area contributed by atoms with Gasteiger partial charge in [-0.15, -0.1) is 0 Å². The van der Waals surface area contributed by atoms with Gasteiger partial charge in [-0.3, -0.25) is 9.89 Å². The van der Waals surface area contributed by atoms with Crippen molar-refractivity contribution in [3.05, 3.63) is 0 Å². The molecule has 8 heteroatoms. The van der Waals surface area contributed by atoms with Crippen LogP contribution in [0.1, 0.15) is 85.0 Å². The largest absolute Gasteiger partial charge is 0.396 e. The summed E-state index contributed by atoms with van der Waals surface area (Å²) < 4.78 is 0. The van der Waals surface area contributed by atoms with Crippen molar-refractivity contribution in [3.63, 3.8) is 0 Å². The predicted molar refractivity (Wildman–Crippen MR) is 128 cm³/mol. The molecule has 30 heavy (non-hydrogen) atoms. The summed E-state index contributed by atoms with van der Waals surface area (Å²) in [5, 5.41) is 12.6. The summed E-state index contributed by atoms with van der Waals surface area (Å²) in [6.45, 7) is 7.85. The van der Waals surface area contributed by atoms with Crippen molar-refractivity contribution in [1.82, 2.24) is 15.1 Å². The summed E-state index contributed by atoms with van der Waals surface area (Å²) in [5.41, 5.74) is 0. The van der Waals surface area contributed by atoms with Crippen LogP contribution in [0.3, 0.4) is 0 Å². The van der Waals surface area contributed by atoms with Crippen molar-refractivity contribution in [2.45, 2.75) is 85.0 Å². The summed E-state index contributed by atoms with van der Waals surface area (Å²) in [6.07, 6.45) is 11.1. The third-order valence-electron chi connectivity index (χ3n) is 4.70. The molecule has 0 aliphatic heterocycles. The number of amidine groups is 1. The van der Waals surface area contributed by atoms with Gasteiger partial charge in [0.1, 0.15) is 0 Å². The number of aliphatic hydroxyl groups excluding tert-OH is 1. The molecule has 0 fully saturated rings. The van der Waals surface area contributed by atoms with E-state index in [2.05, 4.69) is 19.2 Å². The standard InChI is InChI=1S/C22H44N4O3S/c1-5-8-10-12-14-16-24-21(30-19-18-27)26(17-15-13-11-9-6-2)22(29)25(4)20(28)23-7-3/h27H,5-19H2,1-4H3,(H,23,28). The van der Waals surface area contributed by atoms with E-state index >= 15 is 0 Å². The van der Waals surface area contributed by atoms with E-state index in [4.69, 9.17) is 4.99 Å². The highest BCUT2D eigenvalue weighted by molar-refractivity contribution is 8.13. The Morgan fingerprint density at radius 3 is 2.10 bits per heavy atom. The fourth-order valence-electron chi connectivity index (χ4n) is 2.92. The molecule has 7 nitrogen and oxygen atoms in total. The monoisotopic (exact) mass is 444 g/mol. The lowest BCUT2D eigenvalue weighted by atomic mass is 10.1. The maximum absolute atomic E-state index is 13.1. The number of nitrogens with one attached hydrogen (secondary N) is 1. The number of aliphatic hydroxyl groups is 1. The number of aliphatic imine (C=N–C) groups is 1. The lowest BCUT2D eigenvalue weighted by Crippen LogP contribution is -2.50. The Hall–Kier alpha value is -1.28. The van der Waals surface area contributed by atoms with Gasteiger partial charge in [-0.25, -0.2) is 14.5 Å². The number of rotatable bonds is 15. The molecule has 0 saturated heterocycles. The molecule has 0 saturated carbocycles. The Bertz CT molecular complexity index is 489. The van der Waals surface area contributed by atoms with Gasteiger partial charge in [0.2, 0.25) is 0 Å².